The summed E-state index contributed by atoms with van der Waals surface area (Å²) in [5.74, 6) is -1.24. The van der Waals surface area contributed by atoms with Crippen LogP contribution in [0.5, 0.6) is 0 Å². The van der Waals surface area contributed by atoms with Crippen molar-refractivity contribution in [2.45, 2.75) is 18.5 Å². The van der Waals surface area contributed by atoms with Crippen molar-refractivity contribution in [2.75, 3.05) is 10.6 Å². The van der Waals surface area contributed by atoms with Gasteiger partial charge in [0.15, 0.2) is 0 Å². The molecule has 9 heteroatoms. The third-order valence-electron chi connectivity index (χ3n) is 4.01. The van der Waals surface area contributed by atoms with Crippen molar-refractivity contribution in [3.63, 3.8) is 0 Å². The first-order valence-corrected chi connectivity index (χ1v) is 7.91. The summed E-state index contributed by atoms with van der Waals surface area (Å²) in [5, 5.41) is 5.63. The molecule has 0 aliphatic carbocycles. The Labute approximate surface area is 147 Å². The van der Waals surface area contributed by atoms with Crippen molar-refractivity contribution in [3.8, 4) is 0 Å². The second-order valence-corrected chi connectivity index (χ2v) is 5.90. The minimum Gasteiger partial charge on any atom is -0.368 e. The average molecular weight is 365 g/mol. The van der Waals surface area contributed by atoms with Crippen LogP contribution in [0.1, 0.15) is 5.56 Å². The predicted octanol–water partition coefficient (Wildman–Crippen LogP) is 2.09. The molecule has 3 atom stereocenters. The number of carbonyl (C=O) groups excluding carboxylic acids is 1. The molecule has 2 aromatic rings. The molecule has 1 heterocycles. The number of hydrogen-bond acceptors (Lipinski definition) is 5. The SMILES string of the molecule is NC1NNC(Nc2ccccc2)C1C(=O)Nc1cccc(C(F)(F)F)c1. The lowest BCUT2D eigenvalue weighted by molar-refractivity contribution is -0.137. The summed E-state index contributed by atoms with van der Waals surface area (Å²) in [6, 6.07) is 13.6. The Morgan fingerprint density at radius 3 is 2.38 bits per heavy atom. The van der Waals surface area contributed by atoms with Crippen LogP contribution in [-0.2, 0) is 11.0 Å². The maximum absolute atomic E-state index is 12.8. The normalized spacial score (nSPS) is 22.8. The van der Waals surface area contributed by atoms with Gasteiger partial charge in [-0.05, 0) is 30.3 Å². The van der Waals surface area contributed by atoms with Gasteiger partial charge in [-0.15, -0.1) is 0 Å². The molecular weight excluding hydrogens is 347 g/mol. The number of anilines is 2. The molecule has 138 valence electrons. The summed E-state index contributed by atoms with van der Waals surface area (Å²) >= 11 is 0. The Kier molecular flexibility index (Phi) is 5.12. The van der Waals surface area contributed by atoms with E-state index in [0.717, 1.165) is 17.8 Å². The second-order valence-electron chi connectivity index (χ2n) is 5.90. The first kappa shape index (κ1) is 18.2. The van der Waals surface area contributed by atoms with Crippen molar-refractivity contribution >= 4 is 17.3 Å². The molecule has 1 fully saturated rings. The van der Waals surface area contributed by atoms with Crippen molar-refractivity contribution < 1.29 is 18.0 Å². The molecule has 0 bridgehead atoms. The van der Waals surface area contributed by atoms with Gasteiger partial charge in [0.05, 0.1) is 11.7 Å². The van der Waals surface area contributed by atoms with E-state index in [-0.39, 0.29) is 5.69 Å². The monoisotopic (exact) mass is 365 g/mol. The van der Waals surface area contributed by atoms with Gasteiger partial charge in [0.1, 0.15) is 12.1 Å². The van der Waals surface area contributed by atoms with Gasteiger partial charge in [0.2, 0.25) is 5.91 Å². The number of amides is 1. The maximum Gasteiger partial charge on any atom is 0.416 e. The molecule has 1 aliphatic heterocycles. The smallest absolute Gasteiger partial charge is 0.368 e. The maximum atomic E-state index is 12.8. The number of nitrogens with two attached hydrogens (primary N) is 1. The van der Waals surface area contributed by atoms with E-state index in [9.17, 15) is 18.0 Å². The Morgan fingerprint density at radius 2 is 1.69 bits per heavy atom. The number of rotatable bonds is 4. The first-order chi connectivity index (χ1) is 12.3. The number of nitrogens with one attached hydrogen (secondary N) is 4. The van der Waals surface area contributed by atoms with Gasteiger partial charge in [-0.2, -0.15) is 13.2 Å². The van der Waals surface area contributed by atoms with E-state index in [1.54, 1.807) is 0 Å². The number of benzene rings is 2. The molecule has 6 nitrogen and oxygen atoms in total. The van der Waals surface area contributed by atoms with E-state index < -0.39 is 35.9 Å². The van der Waals surface area contributed by atoms with Crippen LogP contribution in [0, 0.1) is 5.92 Å². The Morgan fingerprint density at radius 1 is 1.00 bits per heavy atom. The van der Waals surface area contributed by atoms with Gasteiger partial charge in [-0.1, -0.05) is 24.3 Å². The zero-order valence-corrected chi connectivity index (χ0v) is 13.5. The van der Waals surface area contributed by atoms with Crippen LogP contribution in [-0.4, -0.2) is 18.2 Å². The van der Waals surface area contributed by atoms with Crippen molar-refractivity contribution in [2.24, 2.45) is 11.7 Å². The summed E-state index contributed by atoms with van der Waals surface area (Å²) in [4.78, 5) is 12.6. The summed E-state index contributed by atoms with van der Waals surface area (Å²) in [6.45, 7) is 0. The number of hydrogen-bond donors (Lipinski definition) is 5. The Hall–Kier alpha value is -2.62. The quantitative estimate of drug-likeness (QED) is 0.572. The van der Waals surface area contributed by atoms with Crippen LogP contribution in [0.3, 0.4) is 0 Å². The van der Waals surface area contributed by atoms with Crippen LogP contribution in [0.4, 0.5) is 24.5 Å². The van der Waals surface area contributed by atoms with E-state index in [0.29, 0.717) is 0 Å². The fourth-order valence-corrected chi connectivity index (χ4v) is 2.73. The third kappa shape index (κ3) is 4.13. The minimum atomic E-state index is -4.48. The van der Waals surface area contributed by atoms with Crippen molar-refractivity contribution in [3.05, 3.63) is 60.2 Å². The molecule has 6 N–H and O–H groups in total. The zero-order valence-electron chi connectivity index (χ0n) is 13.5. The molecule has 1 amide bonds. The van der Waals surface area contributed by atoms with Gasteiger partial charge in [-0.25, -0.2) is 10.9 Å². The molecule has 2 aromatic carbocycles. The topological polar surface area (TPSA) is 91.2 Å². The fraction of sp³-hybridized carbons (Fsp3) is 0.235. The number of alkyl halides is 3. The second kappa shape index (κ2) is 7.32. The van der Waals surface area contributed by atoms with Gasteiger partial charge in [0, 0.05) is 11.4 Å². The molecule has 1 saturated heterocycles. The molecule has 0 spiro atoms. The summed E-state index contributed by atoms with van der Waals surface area (Å²) in [6.07, 6.45) is -5.72. The standard InChI is InChI=1S/C17H18F3N5O/c18-17(19,20)10-5-4-8-12(9-10)23-16(26)13-14(21)24-25-15(13)22-11-6-2-1-3-7-11/h1-9,13-15,22,24-25H,21H2,(H,23,26). The lowest BCUT2D eigenvalue weighted by atomic mass is 10.0. The number of para-hydroxylation sites is 1. The molecule has 3 unspecified atom stereocenters. The van der Waals surface area contributed by atoms with Crippen LogP contribution in [0.2, 0.25) is 0 Å². The third-order valence-corrected chi connectivity index (χ3v) is 4.01. The first-order valence-electron chi connectivity index (χ1n) is 7.91. The van der Waals surface area contributed by atoms with E-state index in [4.69, 9.17) is 5.73 Å². The molecule has 3 rings (SSSR count). The van der Waals surface area contributed by atoms with Crippen LogP contribution >= 0.6 is 0 Å². The largest absolute Gasteiger partial charge is 0.416 e. The van der Waals surface area contributed by atoms with E-state index >= 15 is 0 Å². The number of halogens is 3. The highest BCUT2D eigenvalue weighted by Crippen LogP contribution is 2.31. The average Bonchev–Trinajstić information content (AvgIpc) is 2.96. The molecule has 0 aromatic heterocycles. The van der Waals surface area contributed by atoms with E-state index in [1.165, 1.54) is 12.1 Å². The predicted molar refractivity (Wildman–Crippen MR) is 91.7 cm³/mol. The van der Waals surface area contributed by atoms with Gasteiger partial charge < -0.3 is 16.4 Å². The molecule has 26 heavy (non-hydrogen) atoms. The Balaban J connectivity index is 1.73. The molecule has 0 saturated carbocycles. The van der Waals surface area contributed by atoms with Gasteiger partial charge in [-0.3, -0.25) is 4.79 Å². The van der Waals surface area contributed by atoms with Gasteiger partial charge in [0.25, 0.3) is 0 Å². The van der Waals surface area contributed by atoms with E-state index in [1.807, 2.05) is 30.3 Å². The van der Waals surface area contributed by atoms with Crippen molar-refractivity contribution in [1.82, 2.24) is 10.9 Å². The zero-order chi connectivity index (χ0) is 18.7. The highest BCUT2D eigenvalue weighted by atomic mass is 19.4. The van der Waals surface area contributed by atoms with Crippen LogP contribution < -0.4 is 27.2 Å². The summed E-state index contributed by atoms with van der Waals surface area (Å²) < 4.78 is 38.4. The van der Waals surface area contributed by atoms with Gasteiger partial charge >= 0.3 is 6.18 Å². The lowest BCUT2D eigenvalue weighted by Gasteiger charge is -2.22. The van der Waals surface area contributed by atoms with E-state index in [2.05, 4.69) is 21.5 Å². The number of hydrazine groups is 1. The fourth-order valence-electron chi connectivity index (χ4n) is 2.73. The Bertz CT molecular complexity index is 768. The highest BCUT2D eigenvalue weighted by molar-refractivity contribution is 5.94. The van der Waals surface area contributed by atoms with Crippen molar-refractivity contribution in [1.29, 1.82) is 0 Å². The molecule has 0 radical (unpaired) electrons. The minimum absolute atomic E-state index is 0.0578. The van der Waals surface area contributed by atoms with Crippen LogP contribution in [0.25, 0.3) is 0 Å². The summed E-state index contributed by atoms with van der Waals surface area (Å²) in [7, 11) is 0. The highest BCUT2D eigenvalue weighted by Gasteiger charge is 2.39. The molecule has 1 aliphatic rings. The summed E-state index contributed by atoms with van der Waals surface area (Å²) in [5.41, 5.74) is 11.6. The molecular formula is C17H18F3N5O. The number of carbonyl (C=O) groups is 1. The van der Waals surface area contributed by atoms with Crippen LogP contribution in [0.15, 0.2) is 54.6 Å². The lowest BCUT2D eigenvalue weighted by Crippen LogP contribution is -2.45.